The topological polar surface area (TPSA) is 9.23 Å². The highest BCUT2D eigenvalue weighted by Gasteiger charge is 2.12. The number of allylic oxidation sites excluding steroid dienone is 1. The molecular weight excluding hydrogens is 148 g/mol. The van der Waals surface area contributed by atoms with E-state index in [2.05, 4.69) is 32.9 Å². The van der Waals surface area contributed by atoms with Gasteiger partial charge in [0.25, 0.3) is 0 Å². The Kier molecular flexibility index (Phi) is 3.54. The fraction of sp³-hybridized carbons (Fsp3) is 0.636. The summed E-state index contributed by atoms with van der Waals surface area (Å²) in [6, 6.07) is 0. The minimum atomic E-state index is 0.249. The second kappa shape index (κ2) is 4.46. The second-order valence-electron chi connectivity index (χ2n) is 3.41. The predicted molar refractivity (Wildman–Crippen MR) is 52.2 cm³/mol. The Bertz CT molecular complexity index is 201. The average Bonchev–Trinajstić information content (AvgIpc) is 2.05. The van der Waals surface area contributed by atoms with E-state index in [9.17, 15) is 0 Å². The summed E-state index contributed by atoms with van der Waals surface area (Å²) in [4.78, 5) is 0. The molecule has 68 valence electrons. The van der Waals surface area contributed by atoms with Gasteiger partial charge in [-0.3, -0.25) is 0 Å². The van der Waals surface area contributed by atoms with E-state index in [0.29, 0.717) is 0 Å². The molecule has 0 radical (unpaired) electrons. The zero-order valence-corrected chi connectivity index (χ0v) is 8.26. The van der Waals surface area contributed by atoms with E-state index in [-0.39, 0.29) is 6.10 Å². The van der Waals surface area contributed by atoms with Crippen LogP contribution in [0.2, 0.25) is 0 Å². The van der Waals surface area contributed by atoms with Gasteiger partial charge in [0, 0.05) is 0 Å². The van der Waals surface area contributed by atoms with Crippen LogP contribution in [0, 0.1) is 0 Å². The van der Waals surface area contributed by atoms with Gasteiger partial charge in [-0.1, -0.05) is 24.6 Å². The van der Waals surface area contributed by atoms with E-state index >= 15 is 0 Å². The Morgan fingerprint density at radius 2 is 2.50 bits per heavy atom. The van der Waals surface area contributed by atoms with Gasteiger partial charge >= 0.3 is 0 Å². The van der Waals surface area contributed by atoms with Crippen molar-refractivity contribution in [2.45, 2.75) is 39.7 Å². The maximum absolute atomic E-state index is 5.62. The highest BCUT2D eigenvalue weighted by molar-refractivity contribution is 5.18. The van der Waals surface area contributed by atoms with Crippen molar-refractivity contribution in [1.82, 2.24) is 0 Å². The molecule has 0 saturated heterocycles. The standard InChI is InChI=1S/C11H18O/c1-4-5-10(3)11-8-9(2)6-7-12-11/h5,8,11H,4,6-7H2,1-3H3. The average molecular weight is 166 g/mol. The van der Waals surface area contributed by atoms with Crippen molar-refractivity contribution in [2.75, 3.05) is 6.61 Å². The van der Waals surface area contributed by atoms with Crippen molar-refractivity contribution in [2.24, 2.45) is 0 Å². The molecule has 1 atom stereocenters. The van der Waals surface area contributed by atoms with Gasteiger partial charge in [0.1, 0.15) is 0 Å². The number of hydrogen-bond acceptors (Lipinski definition) is 1. The van der Waals surface area contributed by atoms with Crippen LogP contribution in [0.25, 0.3) is 0 Å². The van der Waals surface area contributed by atoms with Crippen molar-refractivity contribution in [1.29, 1.82) is 0 Å². The molecule has 0 aromatic carbocycles. The molecule has 0 spiro atoms. The van der Waals surface area contributed by atoms with Gasteiger partial charge in [-0.15, -0.1) is 0 Å². The second-order valence-corrected chi connectivity index (χ2v) is 3.41. The summed E-state index contributed by atoms with van der Waals surface area (Å²) >= 11 is 0. The highest BCUT2D eigenvalue weighted by Crippen LogP contribution is 2.18. The first-order chi connectivity index (χ1) is 5.74. The molecule has 0 bridgehead atoms. The van der Waals surface area contributed by atoms with E-state index in [1.54, 1.807) is 0 Å². The third kappa shape index (κ3) is 2.49. The normalized spacial score (nSPS) is 25.4. The molecule has 1 aliphatic rings. The molecule has 0 amide bonds. The van der Waals surface area contributed by atoms with Gasteiger partial charge in [-0.05, 0) is 32.3 Å². The summed E-state index contributed by atoms with van der Waals surface area (Å²) in [7, 11) is 0. The van der Waals surface area contributed by atoms with E-state index in [1.165, 1.54) is 11.1 Å². The van der Waals surface area contributed by atoms with Crippen molar-refractivity contribution in [3.8, 4) is 0 Å². The first-order valence-electron chi connectivity index (χ1n) is 4.69. The summed E-state index contributed by atoms with van der Waals surface area (Å²) in [6.07, 6.45) is 6.90. The third-order valence-corrected chi connectivity index (χ3v) is 2.20. The van der Waals surface area contributed by atoms with Crippen LogP contribution in [0.15, 0.2) is 23.3 Å². The quantitative estimate of drug-likeness (QED) is 0.573. The van der Waals surface area contributed by atoms with Gasteiger partial charge in [-0.2, -0.15) is 0 Å². The Morgan fingerprint density at radius 3 is 3.08 bits per heavy atom. The number of hydrogen-bond donors (Lipinski definition) is 0. The minimum Gasteiger partial charge on any atom is -0.369 e. The molecule has 0 fully saturated rings. The summed E-state index contributed by atoms with van der Waals surface area (Å²) < 4.78 is 5.62. The van der Waals surface area contributed by atoms with Crippen LogP contribution in [-0.2, 0) is 4.74 Å². The van der Waals surface area contributed by atoms with Crippen LogP contribution in [-0.4, -0.2) is 12.7 Å². The molecule has 0 aliphatic carbocycles. The van der Waals surface area contributed by atoms with E-state index in [1.807, 2.05) is 0 Å². The van der Waals surface area contributed by atoms with Crippen molar-refractivity contribution >= 4 is 0 Å². The Hall–Kier alpha value is -0.560. The van der Waals surface area contributed by atoms with Gasteiger partial charge in [0.05, 0.1) is 12.7 Å². The number of rotatable bonds is 2. The number of ether oxygens (including phenoxy) is 1. The van der Waals surface area contributed by atoms with Crippen LogP contribution in [0.5, 0.6) is 0 Å². The Morgan fingerprint density at radius 1 is 1.75 bits per heavy atom. The molecule has 0 N–H and O–H groups in total. The molecule has 1 unspecified atom stereocenters. The molecule has 1 aliphatic heterocycles. The summed E-state index contributed by atoms with van der Waals surface area (Å²) in [5.74, 6) is 0. The van der Waals surface area contributed by atoms with Crippen LogP contribution in [0.3, 0.4) is 0 Å². The van der Waals surface area contributed by atoms with Crippen LogP contribution < -0.4 is 0 Å². The lowest BCUT2D eigenvalue weighted by Gasteiger charge is -2.21. The molecular formula is C11H18O. The molecule has 12 heavy (non-hydrogen) atoms. The summed E-state index contributed by atoms with van der Waals surface area (Å²) in [5.41, 5.74) is 2.80. The van der Waals surface area contributed by atoms with Crippen LogP contribution in [0.1, 0.15) is 33.6 Å². The van der Waals surface area contributed by atoms with Gasteiger partial charge in [0.15, 0.2) is 0 Å². The maximum Gasteiger partial charge on any atom is 0.0966 e. The largest absolute Gasteiger partial charge is 0.369 e. The van der Waals surface area contributed by atoms with Crippen molar-refractivity contribution < 1.29 is 4.74 Å². The molecule has 1 rings (SSSR count). The van der Waals surface area contributed by atoms with E-state index in [4.69, 9.17) is 4.74 Å². The Labute approximate surface area is 75.1 Å². The molecule has 0 aromatic heterocycles. The predicted octanol–water partition coefficient (Wildman–Crippen LogP) is 3.08. The summed E-state index contributed by atoms with van der Waals surface area (Å²) in [6.45, 7) is 7.35. The van der Waals surface area contributed by atoms with Crippen LogP contribution >= 0.6 is 0 Å². The highest BCUT2D eigenvalue weighted by atomic mass is 16.5. The fourth-order valence-electron chi connectivity index (χ4n) is 1.44. The molecule has 0 saturated carbocycles. The third-order valence-electron chi connectivity index (χ3n) is 2.20. The van der Waals surface area contributed by atoms with E-state index < -0.39 is 0 Å². The molecule has 1 heteroatoms. The van der Waals surface area contributed by atoms with Gasteiger partial charge in [0.2, 0.25) is 0 Å². The van der Waals surface area contributed by atoms with Crippen molar-refractivity contribution in [3.05, 3.63) is 23.3 Å². The zero-order chi connectivity index (χ0) is 8.97. The lowest BCUT2D eigenvalue weighted by molar-refractivity contribution is 0.0994. The SMILES string of the molecule is CCC=C(C)C1C=C(C)CCO1. The monoisotopic (exact) mass is 166 g/mol. The summed E-state index contributed by atoms with van der Waals surface area (Å²) in [5, 5.41) is 0. The zero-order valence-electron chi connectivity index (χ0n) is 8.26. The smallest absolute Gasteiger partial charge is 0.0966 e. The Balaban J connectivity index is 2.63. The van der Waals surface area contributed by atoms with Gasteiger partial charge in [-0.25, -0.2) is 0 Å². The molecule has 0 aromatic rings. The van der Waals surface area contributed by atoms with Crippen molar-refractivity contribution in [3.63, 3.8) is 0 Å². The van der Waals surface area contributed by atoms with Crippen LogP contribution in [0.4, 0.5) is 0 Å². The molecule has 1 nitrogen and oxygen atoms in total. The first kappa shape index (κ1) is 9.53. The lowest BCUT2D eigenvalue weighted by Crippen LogP contribution is -2.17. The van der Waals surface area contributed by atoms with Gasteiger partial charge < -0.3 is 4.74 Å². The first-order valence-corrected chi connectivity index (χ1v) is 4.69. The molecule has 1 heterocycles. The maximum atomic E-state index is 5.62. The minimum absolute atomic E-state index is 0.249. The van der Waals surface area contributed by atoms with E-state index in [0.717, 1.165) is 19.4 Å². The fourth-order valence-corrected chi connectivity index (χ4v) is 1.44. The lowest BCUT2D eigenvalue weighted by atomic mass is 10.0.